The highest BCUT2D eigenvalue weighted by molar-refractivity contribution is 5.94. The third-order valence-corrected chi connectivity index (χ3v) is 4.44. The molecule has 0 saturated heterocycles. The van der Waals surface area contributed by atoms with Gasteiger partial charge >= 0.3 is 0 Å². The largest absolute Gasteiger partial charge is 0.299 e. The maximum absolute atomic E-state index is 12.2. The van der Waals surface area contributed by atoms with E-state index >= 15 is 0 Å². The molecule has 0 radical (unpaired) electrons. The van der Waals surface area contributed by atoms with Crippen LogP contribution in [0.15, 0.2) is 30.6 Å². The third kappa shape index (κ3) is 3.64. The van der Waals surface area contributed by atoms with Gasteiger partial charge in [-0.3, -0.25) is 14.9 Å². The van der Waals surface area contributed by atoms with E-state index in [0.717, 1.165) is 36.8 Å². The number of Topliss-reactive ketones (excluding diaryl/α,β-unsaturated/α-hetero) is 1. The van der Waals surface area contributed by atoms with Crippen LogP contribution in [0.25, 0.3) is 0 Å². The number of aromatic amines is 1. The molecule has 1 aromatic carbocycles. The normalized spacial score (nSPS) is 18.8. The average Bonchev–Trinajstić information content (AvgIpc) is 3.20. The predicted octanol–water partition coefficient (Wildman–Crippen LogP) is 2.46. The van der Waals surface area contributed by atoms with E-state index in [4.69, 9.17) is 0 Å². The number of H-pyrrole nitrogens is 1. The molecule has 0 aliphatic heterocycles. The molecule has 2 aromatic rings. The summed E-state index contributed by atoms with van der Waals surface area (Å²) in [6, 6.07) is 7.94. The van der Waals surface area contributed by atoms with Gasteiger partial charge in [-0.15, -0.1) is 0 Å². The molecule has 6 heteroatoms. The Kier molecular flexibility index (Phi) is 4.50. The zero-order valence-electron chi connectivity index (χ0n) is 13.1. The summed E-state index contributed by atoms with van der Waals surface area (Å²) >= 11 is 0. The summed E-state index contributed by atoms with van der Waals surface area (Å²) in [5, 5.41) is 8.99. The quantitative estimate of drug-likeness (QED) is 0.887. The minimum atomic E-state index is -0.290. The van der Waals surface area contributed by atoms with Gasteiger partial charge in [0.1, 0.15) is 12.1 Å². The Balaban J connectivity index is 1.61. The molecule has 1 saturated carbocycles. The first-order chi connectivity index (χ1) is 11.1. The Hall–Kier alpha value is -2.50. The lowest BCUT2D eigenvalue weighted by molar-refractivity contribution is -0.120. The summed E-state index contributed by atoms with van der Waals surface area (Å²) in [6.45, 7) is 1.85. The number of benzene rings is 1. The smallest absolute Gasteiger partial charge is 0.233 e. The molecule has 23 heavy (non-hydrogen) atoms. The van der Waals surface area contributed by atoms with Gasteiger partial charge in [-0.05, 0) is 37.3 Å². The van der Waals surface area contributed by atoms with E-state index < -0.39 is 0 Å². The lowest BCUT2D eigenvalue weighted by Gasteiger charge is -2.13. The fourth-order valence-electron chi connectivity index (χ4n) is 2.97. The van der Waals surface area contributed by atoms with Crippen LogP contribution in [0.4, 0.5) is 5.95 Å². The minimum absolute atomic E-state index is 0.138. The first-order valence-corrected chi connectivity index (χ1v) is 7.91. The van der Waals surface area contributed by atoms with Crippen molar-refractivity contribution in [2.24, 2.45) is 5.92 Å². The van der Waals surface area contributed by atoms with E-state index in [9.17, 15) is 9.59 Å². The van der Waals surface area contributed by atoms with Gasteiger partial charge in [0.15, 0.2) is 0 Å². The molecule has 1 amide bonds. The van der Waals surface area contributed by atoms with Crippen molar-refractivity contribution in [1.29, 1.82) is 0 Å². The number of hydrogen-bond acceptors (Lipinski definition) is 4. The van der Waals surface area contributed by atoms with Crippen molar-refractivity contribution in [1.82, 2.24) is 15.2 Å². The Morgan fingerprint density at radius 3 is 2.78 bits per heavy atom. The number of anilines is 1. The summed E-state index contributed by atoms with van der Waals surface area (Å²) in [4.78, 5) is 27.8. The molecule has 0 spiro atoms. The van der Waals surface area contributed by atoms with Gasteiger partial charge in [-0.25, -0.2) is 5.10 Å². The Bertz CT molecular complexity index is 679. The molecule has 1 aliphatic rings. The number of carbonyl (C=O) groups excluding carboxylic acids is 2. The lowest BCUT2D eigenvalue weighted by Crippen LogP contribution is -2.19. The molecule has 0 unspecified atom stereocenters. The van der Waals surface area contributed by atoms with E-state index in [0.29, 0.717) is 11.7 Å². The highest BCUT2D eigenvalue weighted by Gasteiger charge is 2.24. The van der Waals surface area contributed by atoms with Crippen molar-refractivity contribution in [2.75, 3.05) is 5.32 Å². The van der Waals surface area contributed by atoms with Crippen LogP contribution in [-0.2, 0) is 16.0 Å². The molecule has 2 N–H and O–H groups in total. The molecule has 1 aromatic heterocycles. The zero-order chi connectivity index (χ0) is 16.2. The first-order valence-electron chi connectivity index (χ1n) is 7.91. The number of ketones is 1. The number of carbonyl (C=O) groups is 2. The van der Waals surface area contributed by atoms with Crippen LogP contribution in [0.1, 0.15) is 43.2 Å². The second-order valence-corrected chi connectivity index (χ2v) is 6.05. The highest BCUT2D eigenvalue weighted by atomic mass is 16.2. The first kappa shape index (κ1) is 15.4. The van der Waals surface area contributed by atoms with E-state index in [1.54, 1.807) is 0 Å². The number of nitrogens with one attached hydrogen (secondary N) is 2. The maximum atomic E-state index is 12.2. The number of rotatable bonds is 5. The van der Waals surface area contributed by atoms with E-state index in [1.165, 1.54) is 6.33 Å². The lowest BCUT2D eigenvalue weighted by atomic mass is 9.94. The molecular weight excluding hydrogens is 292 g/mol. The van der Waals surface area contributed by atoms with Crippen molar-refractivity contribution in [3.05, 3.63) is 41.7 Å². The fraction of sp³-hybridized carbons (Fsp3) is 0.412. The van der Waals surface area contributed by atoms with Crippen LogP contribution < -0.4 is 5.32 Å². The van der Waals surface area contributed by atoms with Gasteiger partial charge in [0.05, 0.1) is 5.92 Å². The average molecular weight is 312 g/mol. The molecule has 0 bridgehead atoms. The van der Waals surface area contributed by atoms with E-state index in [1.807, 2.05) is 31.2 Å². The van der Waals surface area contributed by atoms with Crippen LogP contribution in [-0.4, -0.2) is 26.9 Å². The topological polar surface area (TPSA) is 87.7 Å². The summed E-state index contributed by atoms with van der Waals surface area (Å²) in [5.41, 5.74) is 2.08. The molecule has 2 atom stereocenters. The highest BCUT2D eigenvalue weighted by Crippen LogP contribution is 2.26. The van der Waals surface area contributed by atoms with Crippen molar-refractivity contribution in [3.63, 3.8) is 0 Å². The molecule has 120 valence electrons. The van der Waals surface area contributed by atoms with Crippen molar-refractivity contribution >= 4 is 17.6 Å². The van der Waals surface area contributed by atoms with Crippen molar-refractivity contribution in [3.8, 4) is 0 Å². The van der Waals surface area contributed by atoms with Gasteiger partial charge in [0.25, 0.3) is 0 Å². The minimum Gasteiger partial charge on any atom is -0.299 e. The fourth-order valence-corrected chi connectivity index (χ4v) is 2.97. The molecule has 3 rings (SSSR count). The van der Waals surface area contributed by atoms with Crippen LogP contribution in [0, 0.1) is 5.92 Å². The van der Waals surface area contributed by atoms with Gasteiger partial charge in [-0.1, -0.05) is 24.3 Å². The molecule has 1 heterocycles. The monoisotopic (exact) mass is 312 g/mol. The van der Waals surface area contributed by atoms with Crippen molar-refractivity contribution < 1.29 is 9.59 Å². The predicted molar refractivity (Wildman–Crippen MR) is 85.9 cm³/mol. The second kappa shape index (κ2) is 6.73. The zero-order valence-corrected chi connectivity index (χ0v) is 13.1. The number of nitrogens with zero attached hydrogens (tertiary/aromatic N) is 2. The van der Waals surface area contributed by atoms with Crippen LogP contribution in [0.5, 0.6) is 0 Å². The SMILES string of the molecule is C[C@@H](C(=O)Nc1ncn[nH]1)c1ccc(C[C@@H]2CCCC2=O)cc1. The summed E-state index contributed by atoms with van der Waals surface area (Å²) in [5.74, 6) is 0.475. The molecule has 1 aliphatic carbocycles. The summed E-state index contributed by atoms with van der Waals surface area (Å²) in [7, 11) is 0. The van der Waals surface area contributed by atoms with Crippen LogP contribution >= 0.6 is 0 Å². The maximum Gasteiger partial charge on any atom is 0.233 e. The summed E-state index contributed by atoms with van der Waals surface area (Å²) in [6.07, 6.45) is 4.88. The number of hydrogen-bond donors (Lipinski definition) is 2. The Morgan fingerprint density at radius 1 is 1.39 bits per heavy atom. The van der Waals surface area contributed by atoms with Gasteiger partial charge in [-0.2, -0.15) is 10.1 Å². The molecule has 1 fully saturated rings. The second-order valence-electron chi connectivity index (χ2n) is 6.05. The van der Waals surface area contributed by atoms with Gasteiger partial charge in [0, 0.05) is 12.3 Å². The van der Waals surface area contributed by atoms with Gasteiger partial charge in [0.2, 0.25) is 11.9 Å². The molecule has 6 nitrogen and oxygen atoms in total. The Labute approximate surface area is 134 Å². The third-order valence-electron chi connectivity index (χ3n) is 4.44. The van der Waals surface area contributed by atoms with E-state index in [2.05, 4.69) is 20.5 Å². The van der Waals surface area contributed by atoms with Crippen molar-refractivity contribution in [2.45, 2.75) is 38.5 Å². The Morgan fingerprint density at radius 2 is 2.17 bits per heavy atom. The van der Waals surface area contributed by atoms with Crippen LogP contribution in [0.2, 0.25) is 0 Å². The van der Waals surface area contributed by atoms with Gasteiger partial charge < -0.3 is 0 Å². The number of aromatic nitrogens is 3. The van der Waals surface area contributed by atoms with Crippen LogP contribution in [0.3, 0.4) is 0 Å². The number of amides is 1. The standard InChI is InChI=1S/C17H20N4O2/c1-11(16(23)20-17-18-10-19-21-17)13-7-5-12(6-8-13)9-14-3-2-4-15(14)22/h5-8,10-11,14H,2-4,9H2,1H3,(H2,18,19,20,21,23)/t11-,14+/m1/s1. The summed E-state index contributed by atoms with van der Waals surface area (Å²) < 4.78 is 0. The molecular formula is C17H20N4O2. The van der Waals surface area contributed by atoms with E-state index in [-0.39, 0.29) is 17.7 Å².